The first-order valence-corrected chi connectivity index (χ1v) is 9.87. The Hall–Kier alpha value is -2.89. The van der Waals surface area contributed by atoms with Gasteiger partial charge in [0.15, 0.2) is 0 Å². The molecule has 0 aliphatic carbocycles. The highest BCUT2D eigenvalue weighted by Gasteiger charge is 2.21. The van der Waals surface area contributed by atoms with Crippen molar-refractivity contribution in [3.05, 3.63) is 54.4 Å². The summed E-state index contributed by atoms with van der Waals surface area (Å²) in [5.74, 6) is -0.380. The Kier molecular flexibility index (Phi) is 6.63. The number of piperidine rings is 1. The Balaban J connectivity index is 1.41. The van der Waals surface area contributed by atoms with Crippen LogP contribution < -0.4 is 15.5 Å². The minimum atomic E-state index is -0.619. The van der Waals surface area contributed by atoms with E-state index < -0.39 is 11.8 Å². The summed E-state index contributed by atoms with van der Waals surface area (Å²) in [6.07, 6.45) is 5.58. The molecule has 1 fully saturated rings. The predicted molar refractivity (Wildman–Crippen MR) is 111 cm³/mol. The molecule has 1 aromatic carbocycles. The van der Waals surface area contributed by atoms with Crippen molar-refractivity contribution >= 4 is 23.2 Å². The molecular formula is C22H28N4O2. The summed E-state index contributed by atoms with van der Waals surface area (Å²) in [6, 6.07) is 11.6. The Bertz CT molecular complexity index is 782. The summed E-state index contributed by atoms with van der Waals surface area (Å²) in [5.41, 5.74) is 3.01. The van der Waals surface area contributed by atoms with Gasteiger partial charge in [0.25, 0.3) is 0 Å². The number of amides is 2. The number of carbonyl (C=O) groups excluding carboxylic acids is 2. The summed E-state index contributed by atoms with van der Waals surface area (Å²) in [5, 5.41) is 5.44. The van der Waals surface area contributed by atoms with Crippen LogP contribution in [0.25, 0.3) is 0 Å². The molecule has 0 radical (unpaired) electrons. The second-order valence-corrected chi connectivity index (χ2v) is 7.58. The molecule has 1 aromatic heterocycles. The third kappa shape index (κ3) is 5.31. The Labute approximate surface area is 166 Å². The first-order valence-electron chi connectivity index (χ1n) is 9.87. The molecule has 0 unspecified atom stereocenters. The third-order valence-electron chi connectivity index (χ3n) is 5.24. The van der Waals surface area contributed by atoms with Gasteiger partial charge in [0.05, 0.1) is 0 Å². The van der Waals surface area contributed by atoms with Gasteiger partial charge in [0.1, 0.15) is 0 Å². The van der Waals surface area contributed by atoms with Crippen LogP contribution in [0.1, 0.15) is 38.2 Å². The standard InChI is InChI=1S/C22H28N4O2/c1-16(2)18-3-5-19(6-4-18)25-22(28)21(27)24-15-17-9-13-26(14-10-17)20-7-11-23-12-8-20/h3-8,11-12,16-17H,9-10,13-15H2,1-2H3,(H,24,27)(H,25,28). The van der Waals surface area contributed by atoms with E-state index in [9.17, 15) is 9.59 Å². The van der Waals surface area contributed by atoms with Crippen LogP contribution in [-0.2, 0) is 9.59 Å². The molecule has 3 rings (SSSR count). The van der Waals surface area contributed by atoms with Crippen LogP contribution in [0.2, 0.25) is 0 Å². The van der Waals surface area contributed by atoms with Gasteiger partial charge in [0, 0.05) is 43.4 Å². The number of rotatable bonds is 5. The maximum Gasteiger partial charge on any atom is 0.313 e. The topological polar surface area (TPSA) is 74.3 Å². The van der Waals surface area contributed by atoms with Gasteiger partial charge in [-0.25, -0.2) is 0 Å². The lowest BCUT2D eigenvalue weighted by Crippen LogP contribution is -2.41. The molecule has 2 amide bonds. The Morgan fingerprint density at radius 2 is 1.68 bits per heavy atom. The van der Waals surface area contributed by atoms with E-state index in [1.807, 2.05) is 36.4 Å². The number of hydrogen-bond donors (Lipinski definition) is 2. The summed E-state index contributed by atoms with van der Waals surface area (Å²) in [6.45, 7) is 6.64. The maximum absolute atomic E-state index is 12.1. The fraction of sp³-hybridized carbons (Fsp3) is 0.409. The number of carbonyl (C=O) groups is 2. The fourth-order valence-corrected chi connectivity index (χ4v) is 3.41. The third-order valence-corrected chi connectivity index (χ3v) is 5.24. The van der Waals surface area contributed by atoms with E-state index in [4.69, 9.17) is 0 Å². The molecular weight excluding hydrogens is 352 g/mol. The van der Waals surface area contributed by atoms with Crippen LogP contribution in [0.15, 0.2) is 48.8 Å². The normalized spacial score (nSPS) is 14.8. The van der Waals surface area contributed by atoms with Crippen molar-refractivity contribution in [2.45, 2.75) is 32.6 Å². The van der Waals surface area contributed by atoms with Crippen molar-refractivity contribution < 1.29 is 9.59 Å². The lowest BCUT2D eigenvalue weighted by molar-refractivity contribution is -0.136. The number of nitrogens with one attached hydrogen (secondary N) is 2. The van der Waals surface area contributed by atoms with Gasteiger partial charge in [-0.15, -0.1) is 0 Å². The minimum Gasteiger partial charge on any atom is -0.371 e. The zero-order valence-electron chi connectivity index (χ0n) is 16.5. The highest BCUT2D eigenvalue weighted by atomic mass is 16.2. The monoisotopic (exact) mass is 380 g/mol. The molecule has 6 nitrogen and oxygen atoms in total. The molecule has 6 heteroatoms. The quantitative estimate of drug-likeness (QED) is 0.782. The molecule has 2 heterocycles. The van der Waals surface area contributed by atoms with Crippen molar-refractivity contribution in [2.75, 3.05) is 29.9 Å². The van der Waals surface area contributed by atoms with Gasteiger partial charge in [-0.2, -0.15) is 0 Å². The van der Waals surface area contributed by atoms with Gasteiger partial charge in [-0.05, 0) is 54.5 Å². The van der Waals surface area contributed by atoms with Crippen LogP contribution in [0.5, 0.6) is 0 Å². The molecule has 1 aliphatic rings. The second-order valence-electron chi connectivity index (χ2n) is 7.58. The maximum atomic E-state index is 12.1. The number of anilines is 2. The Morgan fingerprint density at radius 1 is 1.04 bits per heavy atom. The molecule has 2 aromatic rings. The van der Waals surface area contributed by atoms with E-state index in [0.29, 0.717) is 24.1 Å². The first-order chi connectivity index (χ1) is 13.5. The molecule has 0 saturated carbocycles. The summed E-state index contributed by atoms with van der Waals surface area (Å²) >= 11 is 0. The van der Waals surface area contributed by atoms with Crippen molar-refractivity contribution in [3.8, 4) is 0 Å². The van der Waals surface area contributed by atoms with Crippen LogP contribution in [0.3, 0.4) is 0 Å². The van der Waals surface area contributed by atoms with E-state index >= 15 is 0 Å². The van der Waals surface area contributed by atoms with Gasteiger partial charge in [-0.3, -0.25) is 14.6 Å². The SMILES string of the molecule is CC(C)c1ccc(NC(=O)C(=O)NCC2CCN(c3ccncc3)CC2)cc1. The average Bonchev–Trinajstić information content (AvgIpc) is 2.73. The number of pyridine rings is 1. The molecule has 1 aliphatic heterocycles. The van der Waals surface area contributed by atoms with E-state index in [1.54, 1.807) is 12.4 Å². The molecule has 2 N–H and O–H groups in total. The second kappa shape index (κ2) is 9.35. The molecule has 0 spiro atoms. The largest absolute Gasteiger partial charge is 0.371 e. The lowest BCUT2D eigenvalue weighted by Gasteiger charge is -2.33. The molecule has 148 valence electrons. The molecule has 0 bridgehead atoms. The highest BCUT2D eigenvalue weighted by Crippen LogP contribution is 2.22. The van der Waals surface area contributed by atoms with Crippen LogP contribution in [0, 0.1) is 5.92 Å². The van der Waals surface area contributed by atoms with Gasteiger partial charge < -0.3 is 15.5 Å². The number of aromatic nitrogens is 1. The zero-order valence-corrected chi connectivity index (χ0v) is 16.5. The molecule has 0 atom stereocenters. The highest BCUT2D eigenvalue weighted by molar-refractivity contribution is 6.39. The number of benzene rings is 1. The van der Waals surface area contributed by atoms with Gasteiger partial charge in [0.2, 0.25) is 0 Å². The van der Waals surface area contributed by atoms with Crippen LogP contribution in [-0.4, -0.2) is 36.4 Å². The van der Waals surface area contributed by atoms with Crippen molar-refractivity contribution in [2.24, 2.45) is 5.92 Å². The van der Waals surface area contributed by atoms with Gasteiger partial charge >= 0.3 is 11.8 Å². The number of hydrogen-bond acceptors (Lipinski definition) is 4. The van der Waals surface area contributed by atoms with Crippen LogP contribution in [0.4, 0.5) is 11.4 Å². The van der Waals surface area contributed by atoms with E-state index in [2.05, 4.69) is 34.4 Å². The Morgan fingerprint density at radius 3 is 2.29 bits per heavy atom. The minimum absolute atomic E-state index is 0.389. The average molecular weight is 380 g/mol. The fourth-order valence-electron chi connectivity index (χ4n) is 3.41. The van der Waals surface area contributed by atoms with Gasteiger partial charge in [-0.1, -0.05) is 26.0 Å². The van der Waals surface area contributed by atoms with Crippen molar-refractivity contribution in [1.82, 2.24) is 10.3 Å². The summed E-state index contributed by atoms with van der Waals surface area (Å²) in [7, 11) is 0. The van der Waals surface area contributed by atoms with E-state index in [0.717, 1.165) is 25.9 Å². The van der Waals surface area contributed by atoms with E-state index in [1.165, 1.54) is 11.3 Å². The van der Waals surface area contributed by atoms with Crippen molar-refractivity contribution in [1.29, 1.82) is 0 Å². The van der Waals surface area contributed by atoms with Crippen LogP contribution >= 0.6 is 0 Å². The predicted octanol–water partition coefficient (Wildman–Crippen LogP) is 3.18. The van der Waals surface area contributed by atoms with Crippen molar-refractivity contribution in [3.63, 3.8) is 0 Å². The van der Waals surface area contributed by atoms with E-state index in [-0.39, 0.29) is 0 Å². The summed E-state index contributed by atoms with van der Waals surface area (Å²) < 4.78 is 0. The summed E-state index contributed by atoms with van der Waals surface area (Å²) in [4.78, 5) is 30.6. The first kappa shape index (κ1) is 19.9. The smallest absolute Gasteiger partial charge is 0.313 e. The lowest BCUT2D eigenvalue weighted by atomic mass is 9.96. The number of nitrogens with zero attached hydrogens (tertiary/aromatic N) is 2. The zero-order chi connectivity index (χ0) is 19.9. The molecule has 28 heavy (non-hydrogen) atoms. The molecule has 1 saturated heterocycles.